The Hall–Kier alpha value is -2.36. The van der Waals surface area contributed by atoms with Gasteiger partial charge in [-0.15, -0.1) is 0 Å². The molecule has 0 unspecified atom stereocenters. The van der Waals surface area contributed by atoms with Crippen molar-refractivity contribution < 1.29 is 9.21 Å². The largest absolute Gasteiger partial charge is 0.466 e. The van der Waals surface area contributed by atoms with Gasteiger partial charge in [-0.2, -0.15) is 5.10 Å². The first-order valence-electron chi connectivity index (χ1n) is 7.71. The minimum atomic E-state index is -0.259. The van der Waals surface area contributed by atoms with Crippen molar-refractivity contribution in [2.45, 2.75) is 47.0 Å². The van der Waals surface area contributed by atoms with Gasteiger partial charge in [-0.05, 0) is 43.4 Å². The summed E-state index contributed by atoms with van der Waals surface area (Å²) in [6.07, 6.45) is 0. The van der Waals surface area contributed by atoms with Crippen LogP contribution in [0.25, 0.3) is 0 Å². The summed E-state index contributed by atoms with van der Waals surface area (Å²) in [7, 11) is 0. The molecule has 0 atom stereocenters. The van der Waals surface area contributed by atoms with E-state index in [1.54, 1.807) is 13.0 Å². The van der Waals surface area contributed by atoms with E-state index in [4.69, 9.17) is 4.42 Å². The lowest BCUT2D eigenvalue weighted by atomic mass is 9.86. The van der Waals surface area contributed by atoms with Crippen LogP contribution in [0, 0.1) is 13.8 Å². The summed E-state index contributed by atoms with van der Waals surface area (Å²) in [6.45, 7) is 12.0. The third kappa shape index (κ3) is 4.09. The average Bonchev–Trinajstić information content (AvgIpc) is 2.82. The van der Waals surface area contributed by atoms with Crippen molar-refractivity contribution in [1.82, 2.24) is 5.43 Å². The maximum atomic E-state index is 12.1. The Morgan fingerprint density at radius 1 is 1.13 bits per heavy atom. The Kier molecular flexibility index (Phi) is 4.73. The molecule has 4 heteroatoms. The normalized spacial score (nSPS) is 12.3. The summed E-state index contributed by atoms with van der Waals surface area (Å²) in [4.78, 5) is 12.1. The average molecular weight is 312 g/mol. The molecule has 0 saturated heterocycles. The predicted molar refractivity (Wildman–Crippen MR) is 93.0 cm³/mol. The molecule has 0 bridgehead atoms. The lowest BCUT2D eigenvalue weighted by Crippen LogP contribution is -2.19. The van der Waals surface area contributed by atoms with Gasteiger partial charge in [0.05, 0.1) is 11.3 Å². The number of rotatable bonds is 3. The molecule has 0 spiro atoms. The molecule has 1 aromatic heterocycles. The van der Waals surface area contributed by atoms with Crippen LogP contribution in [0.2, 0.25) is 0 Å². The molecular weight excluding hydrogens is 288 g/mol. The molecule has 23 heavy (non-hydrogen) atoms. The van der Waals surface area contributed by atoms with E-state index >= 15 is 0 Å². The van der Waals surface area contributed by atoms with Crippen LogP contribution in [0.3, 0.4) is 0 Å². The van der Waals surface area contributed by atoms with Gasteiger partial charge in [0.1, 0.15) is 11.5 Å². The number of nitrogens with zero attached hydrogens (tertiary/aromatic N) is 1. The molecule has 0 fully saturated rings. The molecule has 0 aliphatic carbocycles. The Morgan fingerprint density at radius 3 is 2.22 bits per heavy atom. The molecule has 0 aliphatic heterocycles. The van der Waals surface area contributed by atoms with Crippen LogP contribution in [0.15, 0.2) is 39.9 Å². The van der Waals surface area contributed by atoms with E-state index in [1.807, 2.05) is 26.0 Å². The van der Waals surface area contributed by atoms with Gasteiger partial charge in [-0.25, -0.2) is 5.43 Å². The van der Waals surface area contributed by atoms with Gasteiger partial charge in [-0.3, -0.25) is 4.79 Å². The number of carbonyl (C=O) groups excluding carboxylic acids is 1. The van der Waals surface area contributed by atoms with E-state index in [2.05, 4.69) is 43.4 Å². The predicted octanol–water partition coefficient (Wildman–Crippen LogP) is 4.35. The van der Waals surface area contributed by atoms with Crippen molar-refractivity contribution in [2.75, 3.05) is 0 Å². The zero-order valence-electron chi connectivity index (χ0n) is 14.7. The maximum absolute atomic E-state index is 12.1. The van der Waals surface area contributed by atoms with Gasteiger partial charge in [0, 0.05) is 0 Å². The number of nitrogens with one attached hydrogen (secondary N) is 1. The van der Waals surface area contributed by atoms with E-state index in [1.165, 1.54) is 5.56 Å². The number of hydrogen-bond donors (Lipinski definition) is 1. The summed E-state index contributed by atoms with van der Waals surface area (Å²) in [6, 6.07) is 9.96. The molecule has 0 aliphatic rings. The van der Waals surface area contributed by atoms with Gasteiger partial charge in [0.15, 0.2) is 0 Å². The molecule has 4 nitrogen and oxygen atoms in total. The minimum Gasteiger partial charge on any atom is -0.466 e. The maximum Gasteiger partial charge on any atom is 0.274 e. The zero-order valence-corrected chi connectivity index (χ0v) is 14.7. The van der Waals surface area contributed by atoms with Crippen LogP contribution < -0.4 is 5.43 Å². The zero-order chi connectivity index (χ0) is 17.2. The molecular formula is C19H24N2O2. The van der Waals surface area contributed by atoms with Crippen LogP contribution in [0.5, 0.6) is 0 Å². The van der Waals surface area contributed by atoms with Crippen molar-refractivity contribution in [3.63, 3.8) is 0 Å². The van der Waals surface area contributed by atoms with Crippen LogP contribution in [-0.2, 0) is 5.41 Å². The highest BCUT2D eigenvalue weighted by Gasteiger charge is 2.14. The minimum absolute atomic E-state index is 0.120. The Bertz CT molecular complexity index is 732. The number of furan rings is 1. The van der Waals surface area contributed by atoms with Crippen LogP contribution in [-0.4, -0.2) is 11.6 Å². The number of hydrazone groups is 1. The van der Waals surface area contributed by atoms with Gasteiger partial charge in [0.2, 0.25) is 0 Å². The fourth-order valence-electron chi connectivity index (χ4n) is 2.33. The summed E-state index contributed by atoms with van der Waals surface area (Å²) in [5.74, 6) is 1.05. The molecule has 1 amide bonds. The highest BCUT2D eigenvalue weighted by atomic mass is 16.3. The second-order valence-electron chi connectivity index (χ2n) is 6.79. The van der Waals surface area contributed by atoms with Gasteiger partial charge < -0.3 is 4.42 Å². The van der Waals surface area contributed by atoms with Gasteiger partial charge in [0.25, 0.3) is 5.91 Å². The standard InChI is InChI=1S/C19H24N2O2/c1-12-11-17(14(3)23-12)18(22)21-20-13(2)15-7-9-16(10-8-15)19(4,5)6/h7-11H,1-6H3,(H,21,22)/b20-13+. The first kappa shape index (κ1) is 17.0. The Labute approximate surface area is 137 Å². The third-order valence-corrected chi connectivity index (χ3v) is 3.78. The third-order valence-electron chi connectivity index (χ3n) is 3.78. The number of hydrogen-bond acceptors (Lipinski definition) is 3. The SMILES string of the molecule is C/C(=N\NC(=O)c1cc(C)oc1C)c1ccc(C(C)(C)C)cc1. The number of benzene rings is 1. The van der Waals surface area contributed by atoms with E-state index in [9.17, 15) is 4.79 Å². The molecule has 1 aromatic carbocycles. The quantitative estimate of drug-likeness (QED) is 0.676. The molecule has 2 aromatic rings. The van der Waals surface area contributed by atoms with Crippen LogP contribution in [0.4, 0.5) is 0 Å². The summed E-state index contributed by atoms with van der Waals surface area (Å²) in [5, 5.41) is 4.19. The van der Waals surface area contributed by atoms with Crippen molar-refractivity contribution in [1.29, 1.82) is 0 Å². The molecule has 0 radical (unpaired) electrons. The lowest BCUT2D eigenvalue weighted by molar-refractivity contribution is 0.0953. The Balaban J connectivity index is 2.11. The molecule has 2 rings (SSSR count). The second kappa shape index (κ2) is 6.41. The van der Waals surface area contributed by atoms with E-state index in [0.717, 1.165) is 11.3 Å². The topological polar surface area (TPSA) is 54.6 Å². The van der Waals surface area contributed by atoms with Crippen molar-refractivity contribution in [3.05, 3.63) is 58.5 Å². The summed E-state index contributed by atoms with van der Waals surface area (Å²) < 4.78 is 5.36. The second-order valence-corrected chi connectivity index (χ2v) is 6.79. The van der Waals surface area contributed by atoms with Gasteiger partial charge >= 0.3 is 0 Å². The number of amides is 1. The highest BCUT2D eigenvalue weighted by Crippen LogP contribution is 2.22. The fraction of sp³-hybridized carbons (Fsp3) is 0.368. The highest BCUT2D eigenvalue weighted by molar-refractivity contribution is 6.01. The van der Waals surface area contributed by atoms with Crippen molar-refractivity contribution >= 4 is 11.6 Å². The van der Waals surface area contributed by atoms with Gasteiger partial charge in [-0.1, -0.05) is 45.0 Å². The molecule has 0 saturated carbocycles. The summed E-state index contributed by atoms with van der Waals surface area (Å²) in [5.41, 5.74) is 6.23. The smallest absolute Gasteiger partial charge is 0.274 e. The van der Waals surface area contributed by atoms with E-state index in [0.29, 0.717) is 17.1 Å². The van der Waals surface area contributed by atoms with Crippen LogP contribution >= 0.6 is 0 Å². The van der Waals surface area contributed by atoms with Crippen molar-refractivity contribution in [3.8, 4) is 0 Å². The van der Waals surface area contributed by atoms with Crippen LogP contribution in [0.1, 0.15) is 60.7 Å². The van der Waals surface area contributed by atoms with E-state index < -0.39 is 0 Å². The fourth-order valence-corrected chi connectivity index (χ4v) is 2.33. The molecule has 1 N–H and O–H groups in total. The number of aryl methyl sites for hydroxylation is 2. The first-order valence-corrected chi connectivity index (χ1v) is 7.71. The number of carbonyl (C=O) groups is 1. The lowest BCUT2D eigenvalue weighted by Gasteiger charge is -2.19. The Morgan fingerprint density at radius 2 is 1.74 bits per heavy atom. The first-order chi connectivity index (χ1) is 10.7. The molecule has 122 valence electrons. The van der Waals surface area contributed by atoms with E-state index in [-0.39, 0.29) is 11.3 Å². The van der Waals surface area contributed by atoms with Crippen molar-refractivity contribution in [2.24, 2.45) is 5.10 Å². The monoisotopic (exact) mass is 312 g/mol. The molecule has 1 heterocycles. The summed E-state index contributed by atoms with van der Waals surface area (Å²) >= 11 is 0.